The number of methoxy groups -OCH3 is 1. The number of rotatable bonds is 5. The van der Waals surface area contributed by atoms with Crippen molar-refractivity contribution >= 4 is 11.6 Å². The van der Waals surface area contributed by atoms with Gasteiger partial charge in [-0.3, -0.25) is 0 Å². The fraction of sp³-hybridized carbons (Fsp3) is 0.200. The summed E-state index contributed by atoms with van der Waals surface area (Å²) < 4.78 is 5.19. The van der Waals surface area contributed by atoms with Gasteiger partial charge in [0.15, 0.2) is 0 Å². The molecule has 5 heteroatoms. The quantitative estimate of drug-likeness (QED) is 0.918. The average Bonchev–Trinajstić information content (AvgIpc) is 2.49. The summed E-state index contributed by atoms with van der Waals surface area (Å²) in [5.74, 6) is 0.617. The Morgan fingerprint density at radius 2 is 2.10 bits per heavy atom. The summed E-state index contributed by atoms with van der Waals surface area (Å²) in [4.78, 5) is 4.14. The van der Waals surface area contributed by atoms with Crippen LogP contribution in [0, 0.1) is 11.3 Å². The molecule has 2 rings (SSSR count). The smallest absolute Gasteiger partial charge is 0.217 e. The number of hydrogen-bond acceptors (Lipinski definition) is 4. The van der Waals surface area contributed by atoms with Crippen molar-refractivity contribution in [2.75, 3.05) is 7.11 Å². The molecule has 1 aromatic heterocycles. The summed E-state index contributed by atoms with van der Waals surface area (Å²) in [5.41, 5.74) is 2.50. The van der Waals surface area contributed by atoms with Gasteiger partial charge in [-0.2, -0.15) is 5.26 Å². The van der Waals surface area contributed by atoms with Crippen molar-refractivity contribution in [2.45, 2.75) is 13.1 Å². The first-order valence-electron chi connectivity index (χ1n) is 6.11. The Hall–Kier alpha value is -2.09. The molecule has 0 atom stereocenters. The highest BCUT2D eigenvalue weighted by Crippen LogP contribution is 2.18. The van der Waals surface area contributed by atoms with E-state index in [1.54, 1.807) is 25.4 Å². The molecule has 20 heavy (non-hydrogen) atoms. The van der Waals surface area contributed by atoms with Gasteiger partial charge in [0.25, 0.3) is 0 Å². The zero-order valence-corrected chi connectivity index (χ0v) is 11.8. The van der Waals surface area contributed by atoms with Crippen LogP contribution in [0.25, 0.3) is 0 Å². The molecule has 0 unspecified atom stereocenters. The van der Waals surface area contributed by atoms with Crippen LogP contribution in [-0.2, 0) is 13.1 Å². The van der Waals surface area contributed by atoms with E-state index in [1.165, 1.54) is 0 Å². The maximum atomic E-state index is 8.79. The highest BCUT2D eigenvalue weighted by molar-refractivity contribution is 6.31. The molecule has 1 N–H and O–H groups in total. The number of benzene rings is 1. The van der Waals surface area contributed by atoms with Crippen molar-refractivity contribution in [3.63, 3.8) is 0 Å². The summed E-state index contributed by atoms with van der Waals surface area (Å²) in [7, 11) is 1.60. The Bertz CT molecular complexity index is 637. The topological polar surface area (TPSA) is 57.9 Å². The molecule has 0 aliphatic carbocycles. The van der Waals surface area contributed by atoms with Crippen LogP contribution < -0.4 is 10.1 Å². The molecular formula is C15H14ClN3O. The van der Waals surface area contributed by atoms with Crippen molar-refractivity contribution in [3.05, 3.63) is 58.2 Å². The molecule has 0 bridgehead atoms. The summed E-state index contributed by atoms with van der Waals surface area (Å²) in [5, 5.41) is 12.7. The van der Waals surface area contributed by atoms with Crippen molar-refractivity contribution in [1.82, 2.24) is 10.3 Å². The normalized spacial score (nSPS) is 10.1. The lowest BCUT2D eigenvalue weighted by molar-refractivity contribution is 0.390. The van der Waals surface area contributed by atoms with Gasteiger partial charge >= 0.3 is 0 Å². The molecule has 102 valence electrons. The van der Waals surface area contributed by atoms with Gasteiger partial charge in [0.05, 0.1) is 18.7 Å². The molecule has 0 fully saturated rings. The van der Waals surface area contributed by atoms with E-state index in [1.807, 2.05) is 18.2 Å². The number of ether oxygens (including phenoxy) is 1. The summed E-state index contributed by atoms with van der Waals surface area (Å²) in [6.45, 7) is 1.25. The van der Waals surface area contributed by atoms with Gasteiger partial charge in [-0.25, -0.2) is 4.98 Å². The summed E-state index contributed by atoms with van der Waals surface area (Å²) in [6.07, 6.45) is 1.69. The minimum absolute atomic E-state index is 0.563. The fourth-order valence-electron chi connectivity index (χ4n) is 1.83. The third-order valence-electron chi connectivity index (χ3n) is 2.86. The van der Waals surface area contributed by atoms with Crippen LogP contribution in [0.15, 0.2) is 36.5 Å². The molecule has 1 heterocycles. The van der Waals surface area contributed by atoms with Crippen molar-refractivity contribution < 1.29 is 4.74 Å². The van der Waals surface area contributed by atoms with Crippen LogP contribution in [0.1, 0.15) is 16.7 Å². The van der Waals surface area contributed by atoms with Crippen LogP contribution in [0.3, 0.4) is 0 Å². The van der Waals surface area contributed by atoms with Gasteiger partial charge in [0.2, 0.25) is 5.88 Å². The monoisotopic (exact) mass is 287 g/mol. The molecule has 0 saturated heterocycles. The van der Waals surface area contributed by atoms with Gasteiger partial charge < -0.3 is 10.1 Å². The van der Waals surface area contributed by atoms with Crippen LogP contribution >= 0.6 is 11.6 Å². The van der Waals surface area contributed by atoms with Crippen molar-refractivity contribution in [1.29, 1.82) is 5.26 Å². The number of halogens is 1. The lowest BCUT2D eigenvalue weighted by Gasteiger charge is -2.09. The van der Waals surface area contributed by atoms with Gasteiger partial charge in [-0.1, -0.05) is 23.7 Å². The van der Waals surface area contributed by atoms with Crippen LogP contribution in [0.4, 0.5) is 0 Å². The zero-order chi connectivity index (χ0) is 14.4. The van der Waals surface area contributed by atoms with E-state index >= 15 is 0 Å². The van der Waals surface area contributed by atoms with Gasteiger partial charge in [0.1, 0.15) is 0 Å². The standard InChI is InChI=1S/C15H14ClN3O/c1-20-15-13(3-2-6-19-15)10-18-9-12-5-4-11(8-17)7-14(12)16/h2-7,18H,9-10H2,1H3. The molecule has 0 amide bonds. The first-order chi connectivity index (χ1) is 9.74. The van der Waals surface area contributed by atoms with Gasteiger partial charge in [-0.05, 0) is 23.8 Å². The molecule has 4 nitrogen and oxygen atoms in total. The molecule has 1 aromatic carbocycles. The Morgan fingerprint density at radius 1 is 1.30 bits per heavy atom. The number of nitriles is 1. The highest BCUT2D eigenvalue weighted by atomic mass is 35.5. The van der Waals surface area contributed by atoms with Gasteiger partial charge in [0, 0.05) is 29.9 Å². The van der Waals surface area contributed by atoms with Crippen LogP contribution in [-0.4, -0.2) is 12.1 Å². The molecule has 0 radical (unpaired) electrons. The molecule has 0 spiro atoms. The van der Waals surface area contributed by atoms with Crippen LogP contribution in [0.5, 0.6) is 5.88 Å². The van der Waals surface area contributed by atoms with E-state index in [4.69, 9.17) is 21.6 Å². The minimum atomic E-state index is 0.563. The third-order valence-corrected chi connectivity index (χ3v) is 3.21. The Morgan fingerprint density at radius 3 is 2.80 bits per heavy atom. The Labute approximate surface area is 123 Å². The van der Waals surface area contributed by atoms with E-state index in [9.17, 15) is 0 Å². The second kappa shape index (κ2) is 6.90. The molecular weight excluding hydrogens is 274 g/mol. The number of aromatic nitrogens is 1. The average molecular weight is 288 g/mol. The van der Waals surface area contributed by atoms with E-state index in [0.29, 0.717) is 29.6 Å². The number of pyridine rings is 1. The molecule has 0 saturated carbocycles. The van der Waals surface area contributed by atoms with E-state index < -0.39 is 0 Å². The first kappa shape index (κ1) is 14.3. The summed E-state index contributed by atoms with van der Waals surface area (Å²) in [6, 6.07) is 11.2. The number of hydrogen-bond donors (Lipinski definition) is 1. The van der Waals surface area contributed by atoms with E-state index in [-0.39, 0.29) is 0 Å². The Balaban J connectivity index is 1.98. The minimum Gasteiger partial charge on any atom is -0.481 e. The fourth-order valence-corrected chi connectivity index (χ4v) is 2.08. The highest BCUT2D eigenvalue weighted by Gasteiger charge is 2.04. The maximum absolute atomic E-state index is 8.79. The molecule has 0 aliphatic rings. The molecule has 2 aromatic rings. The third kappa shape index (κ3) is 3.47. The lowest BCUT2D eigenvalue weighted by Crippen LogP contribution is -2.14. The predicted molar refractivity (Wildman–Crippen MR) is 77.5 cm³/mol. The van der Waals surface area contributed by atoms with Crippen LogP contribution in [0.2, 0.25) is 5.02 Å². The van der Waals surface area contributed by atoms with Crippen molar-refractivity contribution in [3.8, 4) is 11.9 Å². The largest absolute Gasteiger partial charge is 0.481 e. The summed E-state index contributed by atoms with van der Waals surface area (Å²) >= 11 is 6.12. The first-order valence-corrected chi connectivity index (χ1v) is 6.49. The second-order valence-corrected chi connectivity index (χ2v) is 4.60. The van der Waals surface area contributed by atoms with E-state index in [0.717, 1.165) is 11.1 Å². The van der Waals surface area contributed by atoms with Gasteiger partial charge in [-0.15, -0.1) is 0 Å². The maximum Gasteiger partial charge on any atom is 0.217 e. The Kier molecular flexibility index (Phi) is 4.94. The van der Waals surface area contributed by atoms with E-state index in [2.05, 4.69) is 16.4 Å². The molecule has 0 aliphatic heterocycles. The lowest BCUT2D eigenvalue weighted by atomic mass is 10.1. The SMILES string of the molecule is COc1ncccc1CNCc1ccc(C#N)cc1Cl. The zero-order valence-electron chi connectivity index (χ0n) is 11.1. The number of nitrogens with zero attached hydrogens (tertiary/aromatic N) is 2. The van der Waals surface area contributed by atoms with Crippen molar-refractivity contribution in [2.24, 2.45) is 0 Å². The predicted octanol–water partition coefficient (Wildman–Crippen LogP) is 2.91. The second-order valence-electron chi connectivity index (χ2n) is 4.19. The number of nitrogens with one attached hydrogen (secondary N) is 1.